The van der Waals surface area contributed by atoms with E-state index in [1.165, 1.54) is 0 Å². The van der Waals surface area contributed by atoms with Crippen LogP contribution in [0.25, 0.3) is 0 Å². The first-order valence-electron chi connectivity index (χ1n) is 5.89. The number of ether oxygens (including phenoxy) is 1. The molecule has 1 fully saturated rings. The predicted octanol–water partition coefficient (Wildman–Crippen LogP) is 1.95. The summed E-state index contributed by atoms with van der Waals surface area (Å²) in [4.78, 5) is 12.1. The zero-order valence-corrected chi connectivity index (χ0v) is 10.2. The highest BCUT2D eigenvalue weighted by atomic mass is 16.5. The second kappa shape index (κ2) is 4.28. The molecule has 1 saturated carbocycles. The lowest BCUT2D eigenvalue weighted by Gasteiger charge is -2.15. The van der Waals surface area contributed by atoms with E-state index in [2.05, 4.69) is 5.32 Å². The third kappa shape index (κ3) is 2.52. The smallest absolute Gasteiger partial charge is 0.255 e. The molecular weight excluding hydrogens is 216 g/mol. The number of para-hydroxylation sites is 1. The van der Waals surface area contributed by atoms with Crippen LogP contribution in [0.5, 0.6) is 5.75 Å². The maximum Gasteiger partial charge on any atom is 0.255 e. The van der Waals surface area contributed by atoms with Gasteiger partial charge < -0.3 is 15.8 Å². The number of hydrogen-bond acceptors (Lipinski definition) is 3. The van der Waals surface area contributed by atoms with Gasteiger partial charge in [0.25, 0.3) is 5.91 Å². The second-order valence-electron chi connectivity index (χ2n) is 4.67. The largest absolute Gasteiger partial charge is 0.491 e. The summed E-state index contributed by atoms with van der Waals surface area (Å²) in [6, 6.07) is 5.24. The van der Waals surface area contributed by atoms with Gasteiger partial charge >= 0.3 is 0 Å². The number of carbonyl (C=O) groups is 1. The molecular formula is C13H18N2O2. The number of amides is 1. The average Bonchev–Trinajstić information content (AvgIpc) is 2.99. The van der Waals surface area contributed by atoms with Crippen LogP contribution >= 0.6 is 0 Å². The summed E-state index contributed by atoms with van der Waals surface area (Å²) in [5.74, 6) is 0.373. The van der Waals surface area contributed by atoms with Crippen LogP contribution in [0, 0.1) is 0 Å². The summed E-state index contributed by atoms with van der Waals surface area (Å²) >= 11 is 0. The van der Waals surface area contributed by atoms with Crippen molar-refractivity contribution in [3.63, 3.8) is 0 Å². The Kier molecular flexibility index (Phi) is 2.96. The Morgan fingerprint density at radius 1 is 1.53 bits per heavy atom. The fourth-order valence-electron chi connectivity index (χ4n) is 1.69. The lowest BCUT2D eigenvalue weighted by atomic mass is 10.1. The summed E-state index contributed by atoms with van der Waals surface area (Å²) in [5.41, 5.74) is 6.80. The number of carbonyl (C=O) groups excluding carboxylic acids is 1. The third-order valence-corrected chi connectivity index (χ3v) is 2.99. The van der Waals surface area contributed by atoms with Crippen molar-refractivity contribution in [2.75, 3.05) is 12.3 Å². The molecule has 0 bridgehead atoms. The molecule has 2 rings (SSSR count). The van der Waals surface area contributed by atoms with Gasteiger partial charge in [-0.2, -0.15) is 0 Å². The number of anilines is 1. The second-order valence-corrected chi connectivity index (χ2v) is 4.67. The lowest BCUT2D eigenvalue weighted by molar-refractivity contribution is 0.0932. The van der Waals surface area contributed by atoms with Gasteiger partial charge in [-0.15, -0.1) is 0 Å². The van der Waals surface area contributed by atoms with Crippen molar-refractivity contribution >= 4 is 11.6 Å². The molecule has 1 aromatic rings. The van der Waals surface area contributed by atoms with Crippen LogP contribution in [-0.4, -0.2) is 18.1 Å². The van der Waals surface area contributed by atoms with Gasteiger partial charge in [0, 0.05) is 5.54 Å². The number of hydrogen-bond donors (Lipinski definition) is 2. The predicted molar refractivity (Wildman–Crippen MR) is 67.1 cm³/mol. The fraction of sp³-hybridized carbons (Fsp3) is 0.462. The van der Waals surface area contributed by atoms with Crippen molar-refractivity contribution in [2.24, 2.45) is 0 Å². The molecule has 0 heterocycles. The van der Waals surface area contributed by atoms with Crippen LogP contribution in [0.1, 0.15) is 37.0 Å². The highest BCUT2D eigenvalue weighted by molar-refractivity contribution is 5.99. The van der Waals surface area contributed by atoms with E-state index < -0.39 is 0 Å². The first-order valence-corrected chi connectivity index (χ1v) is 5.89. The number of rotatable bonds is 4. The van der Waals surface area contributed by atoms with E-state index in [0.717, 1.165) is 12.8 Å². The number of benzene rings is 1. The fourth-order valence-corrected chi connectivity index (χ4v) is 1.69. The minimum atomic E-state index is -0.110. The SMILES string of the molecule is CCOc1c(N)cccc1C(=O)NC1(C)CC1. The molecule has 0 aromatic heterocycles. The monoisotopic (exact) mass is 234 g/mol. The van der Waals surface area contributed by atoms with Gasteiger partial charge in [-0.1, -0.05) is 6.07 Å². The molecule has 0 aliphatic heterocycles. The quantitative estimate of drug-likeness (QED) is 0.783. The Morgan fingerprint density at radius 2 is 2.24 bits per heavy atom. The maximum atomic E-state index is 12.1. The van der Waals surface area contributed by atoms with Crippen molar-refractivity contribution in [1.82, 2.24) is 5.32 Å². The summed E-state index contributed by atoms with van der Waals surface area (Å²) in [6.45, 7) is 4.40. The summed E-state index contributed by atoms with van der Waals surface area (Å²) < 4.78 is 5.44. The highest BCUT2D eigenvalue weighted by Gasteiger charge is 2.39. The number of nitrogen functional groups attached to an aromatic ring is 1. The van der Waals surface area contributed by atoms with Crippen LogP contribution in [0.4, 0.5) is 5.69 Å². The normalized spacial score (nSPS) is 16.4. The van der Waals surface area contributed by atoms with Crippen LogP contribution in [0.15, 0.2) is 18.2 Å². The van der Waals surface area contributed by atoms with Crippen molar-refractivity contribution in [1.29, 1.82) is 0 Å². The molecule has 1 aliphatic carbocycles. The van der Waals surface area contributed by atoms with E-state index in [4.69, 9.17) is 10.5 Å². The minimum Gasteiger partial charge on any atom is -0.491 e. The molecule has 4 heteroatoms. The molecule has 4 nitrogen and oxygen atoms in total. The van der Waals surface area contributed by atoms with Gasteiger partial charge in [0.05, 0.1) is 17.9 Å². The Bertz CT molecular complexity index is 439. The highest BCUT2D eigenvalue weighted by Crippen LogP contribution is 2.35. The average molecular weight is 234 g/mol. The Morgan fingerprint density at radius 3 is 2.82 bits per heavy atom. The van der Waals surface area contributed by atoms with Crippen LogP contribution in [-0.2, 0) is 0 Å². The molecule has 92 valence electrons. The molecule has 17 heavy (non-hydrogen) atoms. The van der Waals surface area contributed by atoms with E-state index in [9.17, 15) is 4.79 Å². The molecule has 0 spiro atoms. The van der Waals surface area contributed by atoms with Crippen molar-refractivity contribution in [3.8, 4) is 5.75 Å². The van der Waals surface area contributed by atoms with Crippen molar-refractivity contribution in [3.05, 3.63) is 23.8 Å². The molecule has 1 aliphatic rings. The zero-order valence-electron chi connectivity index (χ0n) is 10.2. The topological polar surface area (TPSA) is 64.3 Å². The molecule has 0 saturated heterocycles. The summed E-state index contributed by atoms with van der Waals surface area (Å²) in [5, 5.41) is 3.00. The van der Waals surface area contributed by atoms with Gasteiger partial charge in [-0.3, -0.25) is 4.79 Å². The molecule has 1 aromatic carbocycles. The van der Waals surface area contributed by atoms with Crippen LogP contribution in [0.3, 0.4) is 0 Å². The first-order chi connectivity index (χ1) is 8.06. The summed E-state index contributed by atoms with van der Waals surface area (Å²) in [6.07, 6.45) is 2.07. The molecule has 0 unspecified atom stereocenters. The molecule has 1 amide bonds. The van der Waals surface area contributed by atoms with Crippen molar-refractivity contribution in [2.45, 2.75) is 32.2 Å². The van der Waals surface area contributed by atoms with Gasteiger partial charge in [-0.25, -0.2) is 0 Å². The molecule has 0 atom stereocenters. The lowest BCUT2D eigenvalue weighted by Crippen LogP contribution is -2.34. The van der Waals surface area contributed by atoms with Gasteiger partial charge in [0.2, 0.25) is 0 Å². The van der Waals surface area contributed by atoms with E-state index >= 15 is 0 Å². The number of nitrogens with one attached hydrogen (secondary N) is 1. The van der Waals surface area contributed by atoms with E-state index in [1.54, 1.807) is 18.2 Å². The van der Waals surface area contributed by atoms with Crippen LogP contribution in [0.2, 0.25) is 0 Å². The van der Waals surface area contributed by atoms with Crippen LogP contribution < -0.4 is 15.8 Å². The maximum absolute atomic E-state index is 12.1. The zero-order chi connectivity index (χ0) is 12.5. The standard InChI is InChI=1S/C13H18N2O2/c1-3-17-11-9(5-4-6-10(11)14)12(16)15-13(2)7-8-13/h4-6H,3,7-8,14H2,1-2H3,(H,15,16). The number of nitrogens with two attached hydrogens (primary N) is 1. The third-order valence-electron chi connectivity index (χ3n) is 2.99. The van der Waals surface area contributed by atoms with E-state index in [1.807, 2.05) is 13.8 Å². The van der Waals surface area contributed by atoms with E-state index in [-0.39, 0.29) is 11.4 Å². The Hall–Kier alpha value is -1.71. The van der Waals surface area contributed by atoms with Gasteiger partial charge in [-0.05, 0) is 38.8 Å². The van der Waals surface area contributed by atoms with Gasteiger partial charge in [0.1, 0.15) is 0 Å². The van der Waals surface area contributed by atoms with E-state index in [0.29, 0.717) is 23.6 Å². The van der Waals surface area contributed by atoms with Crippen molar-refractivity contribution < 1.29 is 9.53 Å². The van der Waals surface area contributed by atoms with Gasteiger partial charge in [0.15, 0.2) is 5.75 Å². The Labute approximate surface area is 101 Å². The Balaban J connectivity index is 2.24. The minimum absolute atomic E-state index is 0.0365. The molecule has 3 N–H and O–H groups in total. The molecule has 0 radical (unpaired) electrons. The summed E-state index contributed by atoms with van der Waals surface area (Å²) in [7, 11) is 0. The first kappa shape index (κ1) is 11.8.